The summed E-state index contributed by atoms with van der Waals surface area (Å²) in [4.78, 5) is 12.0. The highest BCUT2D eigenvalue weighted by Crippen LogP contribution is 2.29. The lowest BCUT2D eigenvalue weighted by molar-refractivity contribution is -0.141. The van der Waals surface area contributed by atoms with Crippen LogP contribution in [0.2, 0.25) is 10.0 Å². The van der Waals surface area contributed by atoms with Crippen LogP contribution in [-0.2, 0) is 9.53 Å². The van der Waals surface area contributed by atoms with Crippen molar-refractivity contribution in [3.05, 3.63) is 62.5 Å². The fraction of sp³-hybridized carbons (Fsp3) is 0.133. The Labute approximate surface area is 141 Å². The number of esters is 1. The largest absolute Gasteiger partial charge is 0.467 e. The molecule has 1 N–H and O–H groups in total. The van der Waals surface area contributed by atoms with Gasteiger partial charge in [0.1, 0.15) is 0 Å². The van der Waals surface area contributed by atoms with Crippen molar-refractivity contribution in [3.8, 4) is 0 Å². The summed E-state index contributed by atoms with van der Waals surface area (Å²) in [5.74, 6) is -0.409. The molecule has 0 saturated carbocycles. The van der Waals surface area contributed by atoms with Gasteiger partial charge in [-0.1, -0.05) is 35.3 Å². The number of rotatable bonds is 4. The summed E-state index contributed by atoms with van der Waals surface area (Å²) in [6.45, 7) is 0. The zero-order chi connectivity index (χ0) is 15.4. The van der Waals surface area contributed by atoms with Crippen LogP contribution in [0, 0.1) is 0 Å². The van der Waals surface area contributed by atoms with Crippen LogP contribution in [0.5, 0.6) is 0 Å². The van der Waals surface area contributed by atoms with Gasteiger partial charge in [0.15, 0.2) is 6.04 Å². The molecule has 21 heavy (non-hydrogen) atoms. The molecule has 0 aliphatic heterocycles. The average molecular weight is 389 g/mol. The molecule has 0 spiro atoms. The molecule has 0 aromatic heterocycles. The SMILES string of the molecule is COC(=O)C(Nc1cccc(Cl)c1)c1ccc(Br)c(Cl)c1. The summed E-state index contributed by atoms with van der Waals surface area (Å²) < 4.78 is 5.61. The molecule has 0 bridgehead atoms. The molecule has 2 aromatic carbocycles. The number of carbonyl (C=O) groups excluding carboxylic acids is 1. The van der Waals surface area contributed by atoms with Gasteiger partial charge < -0.3 is 10.1 Å². The van der Waals surface area contributed by atoms with E-state index in [-0.39, 0.29) is 0 Å². The van der Waals surface area contributed by atoms with E-state index in [0.29, 0.717) is 15.6 Å². The van der Waals surface area contributed by atoms with Gasteiger partial charge in [-0.05, 0) is 51.8 Å². The summed E-state index contributed by atoms with van der Waals surface area (Å²) in [5.41, 5.74) is 1.42. The lowest BCUT2D eigenvalue weighted by atomic mass is 10.1. The summed E-state index contributed by atoms with van der Waals surface area (Å²) in [7, 11) is 1.34. The van der Waals surface area contributed by atoms with Crippen molar-refractivity contribution in [1.82, 2.24) is 0 Å². The maximum atomic E-state index is 12.0. The Bertz CT molecular complexity index is 664. The molecule has 1 unspecified atom stereocenters. The van der Waals surface area contributed by atoms with Gasteiger partial charge in [0.2, 0.25) is 0 Å². The standard InChI is InChI=1S/C15H12BrCl2NO2/c1-21-15(20)14(9-5-6-12(16)13(18)7-9)19-11-4-2-3-10(17)8-11/h2-8,14,19H,1H3. The second-order valence-electron chi connectivity index (χ2n) is 4.28. The highest BCUT2D eigenvalue weighted by molar-refractivity contribution is 9.10. The van der Waals surface area contributed by atoms with Crippen molar-refractivity contribution in [2.45, 2.75) is 6.04 Å². The minimum Gasteiger partial charge on any atom is -0.467 e. The predicted octanol–water partition coefficient (Wildman–Crippen LogP) is 5.08. The summed E-state index contributed by atoms with van der Waals surface area (Å²) in [5, 5.41) is 4.20. The zero-order valence-corrected chi connectivity index (χ0v) is 14.2. The quantitative estimate of drug-likeness (QED) is 0.742. The van der Waals surface area contributed by atoms with Gasteiger partial charge in [-0.3, -0.25) is 0 Å². The average Bonchev–Trinajstić information content (AvgIpc) is 2.47. The van der Waals surface area contributed by atoms with Crippen LogP contribution in [0.25, 0.3) is 0 Å². The van der Waals surface area contributed by atoms with E-state index in [1.165, 1.54) is 7.11 Å². The smallest absolute Gasteiger partial charge is 0.332 e. The van der Waals surface area contributed by atoms with Crippen molar-refractivity contribution in [2.75, 3.05) is 12.4 Å². The number of hydrogen-bond donors (Lipinski definition) is 1. The van der Waals surface area contributed by atoms with Gasteiger partial charge in [0.05, 0.1) is 12.1 Å². The molecule has 3 nitrogen and oxygen atoms in total. The molecule has 1 atom stereocenters. The number of hydrogen-bond acceptors (Lipinski definition) is 3. The summed E-state index contributed by atoms with van der Waals surface area (Å²) >= 11 is 15.4. The van der Waals surface area contributed by atoms with Gasteiger partial charge >= 0.3 is 5.97 Å². The second kappa shape index (κ2) is 7.16. The first kappa shape index (κ1) is 16.1. The fourth-order valence-corrected chi connectivity index (χ4v) is 2.46. The normalized spacial score (nSPS) is 11.8. The third-order valence-electron chi connectivity index (χ3n) is 2.85. The van der Waals surface area contributed by atoms with Crippen LogP contribution in [0.4, 0.5) is 5.69 Å². The molecule has 0 fully saturated rings. The van der Waals surface area contributed by atoms with Gasteiger partial charge in [-0.15, -0.1) is 0 Å². The molecule has 0 amide bonds. The zero-order valence-electron chi connectivity index (χ0n) is 11.1. The van der Waals surface area contributed by atoms with Crippen LogP contribution < -0.4 is 5.32 Å². The van der Waals surface area contributed by atoms with Gasteiger partial charge in [-0.25, -0.2) is 4.79 Å². The topological polar surface area (TPSA) is 38.3 Å². The number of carbonyl (C=O) groups is 1. The molecule has 0 saturated heterocycles. The van der Waals surface area contributed by atoms with Crippen molar-refractivity contribution >= 4 is 50.8 Å². The molecular weight excluding hydrogens is 377 g/mol. The summed E-state index contributed by atoms with van der Waals surface area (Å²) in [6.07, 6.45) is 0. The highest BCUT2D eigenvalue weighted by Gasteiger charge is 2.22. The molecule has 2 rings (SSSR count). The van der Waals surface area contributed by atoms with E-state index in [0.717, 1.165) is 10.2 Å². The number of halogens is 3. The molecule has 0 aliphatic rings. The second-order valence-corrected chi connectivity index (χ2v) is 5.98. The Kier molecular flexibility index (Phi) is 5.51. The van der Waals surface area contributed by atoms with E-state index in [1.807, 2.05) is 6.07 Å². The Morgan fingerprint density at radius 1 is 1.24 bits per heavy atom. The Hall–Kier alpha value is -1.23. The molecular formula is C15H12BrCl2NO2. The fourth-order valence-electron chi connectivity index (χ4n) is 1.83. The lowest BCUT2D eigenvalue weighted by Gasteiger charge is -2.18. The van der Waals surface area contributed by atoms with Crippen LogP contribution in [0.3, 0.4) is 0 Å². The van der Waals surface area contributed by atoms with Crippen LogP contribution in [0.15, 0.2) is 46.9 Å². The first-order chi connectivity index (χ1) is 10.0. The van der Waals surface area contributed by atoms with Crippen molar-refractivity contribution in [2.24, 2.45) is 0 Å². The minimum absolute atomic E-state index is 0.409. The molecule has 0 heterocycles. The molecule has 2 aromatic rings. The third-order valence-corrected chi connectivity index (χ3v) is 4.32. The number of benzene rings is 2. The molecule has 0 radical (unpaired) electrons. The van der Waals surface area contributed by atoms with E-state index in [9.17, 15) is 4.79 Å². The number of nitrogens with one attached hydrogen (secondary N) is 1. The molecule has 0 aliphatic carbocycles. The van der Waals surface area contributed by atoms with E-state index < -0.39 is 12.0 Å². The Morgan fingerprint density at radius 2 is 2.00 bits per heavy atom. The molecule has 6 heteroatoms. The van der Waals surface area contributed by atoms with Crippen molar-refractivity contribution < 1.29 is 9.53 Å². The van der Waals surface area contributed by atoms with Crippen LogP contribution in [-0.4, -0.2) is 13.1 Å². The van der Waals surface area contributed by atoms with E-state index in [2.05, 4.69) is 21.2 Å². The van der Waals surface area contributed by atoms with Crippen LogP contribution >= 0.6 is 39.1 Å². The Balaban J connectivity index is 2.34. The van der Waals surface area contributed by atoms with E-state index in [4.69, 9.17) is 27.9 Å². The minimum atomic E-state index is -0.668. The van der Waals surface area contributed by atoms with Crippen LogP contribution in [0.1, 0.15) is 11.6 Å². The maximum absolute atomic E-state index is 12.0. The monoisotopic (exact) mass is 387 g/mol. The van der Waals surface area contributed by atoms with E-state index in [1.54, 1.807) is 36.4 Å². The van der Waals surface area contributed by atoms with Gasteiger partial charge in [0.25, 0.3) is 0 Å². The maximum Gasteiger partial charge on any atom is 0.332 e. The first-order valence-electron chi connectivity index (χ1n) is 6.06. The summed E-state index contributed by atoms with van der Waals surface area (Å²) in [6, 6.07) is 11.7. The number of anilines is 1. The molecule has 110 valence electrons. The van der Waals surface area contributed by atoms with Gasteiger partial charge in [0, 0.05) is 15.2 Å². The number of ether oxygens (including phenoxy) is 1. The van der Waals surface area contributed by atoms with Crippen molar-refractivity contribution in [1.29, 1.82) is 0 Å². The Morgan fingerprint density at radius 3 is 2.62 bits per heavy atom. The number of methoxy groups -OCH3 is 1. The first-order valence-corrected chi connectivity index (χ1v) is 7.61. The van der Waals surface area contributed by atoms with Gasteiger partial charge in [-0.2, -0.15) is 0 Å². The van der Waals surface area contributed by atoms with Crippen molar-refractivity contribution in [3.63, 3.8) is 0 Å². The lowest BCUT2D eigenvalue weighted by Crippen LogP contribution is -2.22. The third kappa shape index (κ3) is 4.13. The van der Waals surface area contributed by atoms with E-state index >= 15 is 0 Å². The highest BCUT2D eigenvalue weighted by atomic mass is 79.9. The predicted molar refractivity (Wildman–Crippen MR) is 89.0 cm³/mol.